The highest BCUT2D eigenvalue weighted by atomic mass is 127. The van der Waals surface area contributed by atoms with Crippen molar-refractivity contribution in [2.24, 2.45) is 4.99 Å². The smallest absolute Gasteiger partial charge is 0.408 e. The Morgan fingerprint density at radius 1 is 1.06 bits per heavy atom. The molecule has 0 bridgehead atoms. The fourth-order valence-electron chi connectivity index (χ4n) is 2.80. The normalized spacial score (nSPS) is 12.9. The molecule has 0 aliphatic rings. The van der Waals surface area contributed by atoms with Crippen LogP contribution in [-0.4, -0.2) is 74.9 Å². The van der Waals surface area contributed by atoms with E-state index in [0.717, 1.165) is 0 Å². The summed E-state index contributed by atoms with van der Waals surface area (Å²) in [4.78, 5) is 16.9. The van der Waals surface area contributed by atoms with Gasteiger partial charge in [0.2, 0.25) is 10.0 Å². The Balaban J connectivity index is 0. The molecular weight excluding hydrogens is 533 g/mol. The minimum atomic E-state index is -3.18. The van der Waals surface area contributed by atoms with Gasteiger partial charge in [0.1, 0.15) is 5.60 Å². The van der Waals surface area contributed by atoms with Gasteiger partial charge in [-0.15, -0.1) is 24.0 Å². The average molecular weight is 578 g/mol. The van der Waals surface area contributed by atoms with E-state index in [1.807, 2.05) is 48.5 Å². The predicted octanol–water partition coefficient (Wildman–Crippen LogP) is 2.91. The molecule has 0 fully saturated rings. The van der Waals surface area contributed by atoms with Crippen molar-refractivity contribution < 1.29 is 17.9 Å². The predicted molar refractivity (Wildman–Crippen MR) is 139 cm³/mol. The number of aliphatic imine (C=N–C) groups is 1. The molecule has 0 aromatic carbocycles. The monoisotopic (exact) mass is 577 g/mol. The van der Waals surface area contributed by atoms with E-state index in [4.69, 9.17) is 4.74 Å². The lowest BCUT2D eigenvalue weighted by Crippen LogP contribution is -2.52. The molecule has 0 saturated carbocycles. The van der Waals surface area contributed by atoms with Crippen molar-refractivity contribution in [1.29, 1.82) is 0 Å². The number of hydrogen-bond acceptors (Lipinski definition) is 5. The summed E-state index contributed by atoms with van der Waals surface area (Å²) in [5.41, 5.74) is -1.06. The number of nitrogens with one attached hydrogen (secondary N) is 3. The molecule has 0 unspecified atom stereocenters. The van der Waals surface area contributed by atoms with Gasteiger partial charge in [-0.3, -0.25) is 4.99 Å². The summed E-state index contributed by atoms with van der Waals surface area (Å²) in [5, 5.41) is 9.42. The number of guanidine groups is 1. The van der Waals surface area contributed by atoms with Gasteiger partial charge in [0.15, 0.2) is 5.96 Å². The van der Waals surface area contributed by atoms with Crippen LogP contribution in [0.4, 0.5) is 4.79 Å². The van der Waals surface area contributed by atoms with Gasteiger partial charge in [-0.05, 0) is 47.0 Å². The fourth-order valence-corrected chi connectivity index (χ4v) is 3.73. The number of nitrogens with zero attached hydrogens (tertiary/aromatic N) is 2. The number of hydrogen-bond donors (Lipinski definition) is 3. The fraction of sp³-hybridized carbons (Fsp3) is 0.900. The van der Waals surface area contributed by atoms with Crippen LogP contribution >= 0.6 is 24.0 Å². The highest BCUT2D eigenvalue weighted by Gasteiger charge is 2.30. The van der Waals surface area contributed by atoms with Gasteiger partial charge in [-0.25, -0.2) is 17.5 Å². The minimum absolute atomic E-state index is 0. The molecule has 0 aliphatic carbocycles. The zero-order chi connectivity index (χ0) is 23.4. The van der Waals surface area contributed by atoms with Gasteiger partial charge in [-0.1, -0.05) is 20.8 Å². The van der Waals surface area contributed by atoms with E-state index in [-0.39, 0.29) is 24.0 Å². The van der Waals surface area contributed by atoms with Crippen molar-refractivity contribution in [2.75, 3.05) is 39.0 Å². The molecule has 11 heteroatoms. The van der Waals surface area contributed by atoms with Crippen molar-refractivity contribution in [1.82, 2.24) is 20.3 Å². The van der Waals surface area contributed by atoms with Crippen molar-refractivity contribution in [3.8, 4) is 0 Å². The van der Waals surface area contributed by atoms with Gasteiger partial charge in [0.25, 0.3) is 0 Å². The van der Waals surface area contributed by atoms with E-state index in [1.165, 1.54) is 10.6 Å². The van der Waals surface area contributed by atoms with Crippen molar-refractivity contribution in [2.45, 2.75) is 78.9 Å². The first-order valence-electron chi connectivity index (χ1n) is 10.8. The van der Waals surface area contributed by atoms with Crippen LogP contribution < -0.4 is 16.0 Å². The number of halogens is 1. The van der Waals surface area contributed by atoms with Crippen LogP contribution in [0.15, 0.2) is 4.99 Å². The molecule has 0 rings (SSSR count). The van der Waals surface area contributed by atoms with E-state index >= 15 is 0 Å². The number of amides is 1. The van der Waals surface area contributed by atoms with Crippen molar-refractivity contribution in [3.05, 3.63) is 0 Å². The summed E-state index contributed by atoms with van der Waals surface area (Å²) in [6.07, 6.45) is 2.87. The van der Waals surface area contributed by atoms with Gasteiger partial charge in [0, 0.05) is 26.2 Å². The van der Waals surface area contributed by atoms with Crippen LogP contribution in [0.5, 0.6) is 0 Å². The molecule has 0 aliphatic heterocycles. The first-order valence-corrected chi connectivity index (χ1v) is 12.7. The first kappa shape index (κ1) is 32.4. The molecule has 0 aromatic heterocycles. The van der Waals surface area contributed by atoms with Crippen molar-refractivity contribution >= 4 is 46.1 Å². The standard InChI is InChI=1S/C20H43N5O4S.HI/c1-9-20(10-2,24-18(26)29-19(5,6)7)16-23-17(21-11-3)22-14-13-15-25(12-4)30(8,27)28;/h9-16H2,1-8H3,(H,24,26)(H2,21,22,23);1H. The Morgan fingerprint density at radius 3 is 2.06 bits per heavy atom. The van der Waals surface area contributed by atoms with E-state index in [0.29, 0.717) is 57.9 Å². The molecule has 0 atom stereocenters. The van der Waals surface area contributed by atoms with Crippen LogP contribution in [0.1, 0.15) is 67.7 Å². The summed E-state index contributed by atoms with van der Waals surface area (Å²) in [6.45, 7) is 15.9. The second-order valence-corrected chi connectivity index (χ2v) is 10.3. The molecule has 3 N–H and O–H groups in total. The molecule has 31 heavy (non-hydrogen) atoms. The Kier molecular flexibility index (Phi) is 15.8. The van der Waals surface area contributed by atoms with Crippen LogP contribution in [0, 0.1) is 0 Å². The van der Waals surface area contributed by atoms with Crippen LogP contribution in [0.2, 0.25) is 0 Å². The SMILES string of the molecule is CCNC(=NCC(CC)(CC)NC(=O)OC(C)(C)C)NCCCN(CC)S(C)(=O)=O.I. The van der Waals surface area contributed by atoms with E-state index < -0.39 is 27.3 Å². The molecule has 0 heterocycles. The average Bonchev–Trinajstić information content (AvgIpc) is 2.62. The van der Waals surface area contributed by atoms with Crippen LogP contribution in [0.3, 0.4) is 0 Å². The zero-order valence-corrected chi connectivity index (χ0v) is 23.6. The zero-order valence-electron chi connectivity index (χ0n) is 20.5. The summed E-state index contributed by atoms with van der Waals surface area (Å²) < 4.78 is 30.2. The molecule has 1 amide bonds. The Morgan fingerprint density at radius 2 is 1.65 bits per heavy atom. The van der Waals surface area contributed by atoms with E-state index in [1.54, 1.807) is 0 Å². The molecule has 0 saturated heterocycles. The number of sulfonamides is 1. The van der Waals surface area contributed by atoms with Gasteiger partial charge in [0.05, 0.1) is 18.3 Å². The van der Waals surface area contributed by atoms with Crippen LogP contribution in [0.25, 0.3) is 0 Å². The quantitative estimate of drug-likeness (QED) is 0.142. The summed E-state index contributed by atoms with van der Waals surface area (Å²) in [5.74, 6) is 0.636. The highest BCUT2D eigenvalue weighted by Crippen LogP contribution is 2.17. The van der Waals surface area contributed by atoms with Crippen molar-refractivity contribution in [3.63, 3.8) is 0 Å². The maximum absolute atomic E-state index is 12.3. The van der Waals surface area contributed by atoms with E-state index in [9.17, 15) is 13.2 Å². The molecule has 0 radical (unpaired) electrons. The number of rotatable bonds is 12. The lowest BCUT2D eigenvalue weighted by molar-refractivity contribution is 0.0452. The number of alkyl carbamates (subject to hydrolysis) is 1. The summed E-state index contributed by atoms with van der Waals surface area (Å²) >= 11 is 0. The topological polar surface area (TPSA) is 112 Å². The lowest BCUT2D eigenvalue weighted by Gasteiger charge is -2.32. The first-order chi connectivity index (χ1) is 13.8. The second-order valence-electron chi connectivity index (χ2n) is 8.34. The van der Waals surface area contributed by atoms with Gasteiger partial charge in [-0.2, -0.15) is 0 Å². The maximum Gasteiger partial charge on any atom is 0.408 e. The molecule has 186 valence electrons. The highest BCUT2D eigenvalue weighted by molar-refractivity contribution is 14.0. The summed E-state index contributed by atoms with van der Waals surface area (Å²) in [6, 6.07) is 0. The van der Waals surface area contributed by atoms with Gasteiger partial charge < -0.3 is 20.7 Å². The Bertz CT molecular complexity index is 646. The van der Waals surface area contributed by atoms with Crippen LogP contribution in [-0.2, 0) is 14.8 Å². The third-order valence-corrected chi connectivity index (χ3v) is 6.08. The third-order valence-electron chi connectivity index (χ3n) is 4.70. The number of carbonyl (C=O) groups is 1. The molecule has 9 nitrogen and oxygen atoms in total. The largest absolute Gasteiger partial charge is 0.444 e. The van der Waals surface area contributed by atoms with E-state index in [2.05, 4.69) is 20.9 Å². The number of ether oxygens (including phenoxy) is 1. The summed E-state index contributed by atoms with van der Waals surface area (Å²) in [7, 11) is -3.18. The second kappa shape index (κ2) is 15.1. The third kappa shape index (κ3) is 14.0. The Hall–Kier alpha value is -0.820. The maximum atomic E-state index is 12.3. The Labute approximate surface area is 206 Å². The number of carbonyl (C=O) groups excluding carboxylic acids is 1. The lowest BCUT2D eigenvalue weighted by atomic mass is 9.93. The molecule has 0 aromatic rings. The molecule has 0 spiro atoms. The molecular formula is C20H44IN5O4S. The minimum Gasteiger partial charge on any atom is -0.444 e. The van der Waals surface area contributed by atoms with Gasteiger partial charge >= 0.3 is 6.09 Å².